The van der Waals surface area contributed by atoms with Crippen molar-refractivity contribution in [2.45, 2.75) is 0 Å². The Kier molecular flexibility index (Phi) is 1.85. The number of nitrogens with zero attached hydrogens (tertiary/aromatic N) is 1. The van der Waals surface area contributed by atoms with E-state index in [0.29, 0.717) is 0 Å². The average Bonchev–Trinajstić information content (AvgIpc) is 2.08. The van der Waals surface area contributed by atoms with Crippen LogP contribution in [0.5, 0.6) is 0 Å². The zero-order valence-electron chi connectivity index (χ0n) is 6.92. The van der Waals surface area contributed by atoms with Gasteiger partial charge in [-0.3, -0.25) is 4.79 Å². The van der Waals surface area contributed by atoms with Crippen LogP contribution in [0.4, 0.5) is 0 Å². The highest BCUT2D eigenvalue weighted by Gasteiger charge is 2.29. The summed E-state index contributed by atoms with van der Waals surface area (Å²) in [5.41, 5.74) is 0.230. The molecule has 0 aromatic heterocycles. The second-order valence-corrected chi connectivity index (χ2v) is 3.06. The molecule has 3 nitrogen and oxygen atoms in total. The number of allylic oxidation sites excluding steroid dienone is 6. The Labute approximate surface area is 75.7 Å². The summed E-state index contributed by atoms with van der Waals surface area (Å²) in [4.78, 5) is 11.6. The molecule has 3 rings (SSSR count). The Morgan fingerprint density at radius 2 is 1.69 bits per heavy atom. The topological polar surface area (TPSA) is 49.7 Å². The lowest BCUT2D eigenvalue weighted by atomic mass is 9.83. The largest absolute Gasteiger partial charge is 0.411 e. The Balaban J connectivity index is 2.51. The number of ketones is 1. The second kappa shape index (κ2) is 3.01. The highest BCUT2D eigenvalue weighted by molar-refractivity contribution is 6.43. The molecule has 0 aromatic carbocycles. The van der Waals surface area contributed by atoms with Crippen molar-refractivity contribution in [3.8, 4) is 0 Å². The van der Waals surface area contributed by atoms with E-state index in [0.717, 1.165) is 0 Å². The molecule has 3 aliphatic carbocycles. The first-order chi connectivity index (χ1) is 6.33. The van der Waals surface area contributed by atoms with Gasteiger partial charge in [0.1, 0.15) is 5.71 Å². The molecule has 0 amide bonds. The van der Waals surface area contributed by atoms with Crippen LogP contribution in [0.2, 0.25) is 0 Å². The van der Waals surface area contributed by atoms with Crippen molar-refractivity contribution in [2.75, 3.05) is 0 Å². The fourth-order valence-electron chi connectivity index (χ4n) is 1.54. The molecule has 0 saturated heterocycles. The molecule has 0 spiro atoms. The molecule has 13 heavy (non-hydrogen) atoms. The van der Waals surface area contributed by atoms with Gasteiger partial charge in [-0.15, -0.1) is 0 Å². The summed E-state index contributed by atoms with van der Waals surface area (Å²) < 4.78 is 0. The highest BCUT2D eigenvalue weighted by Crippen LogP contribution is 2.21. The molecule has 0 aromatic rings. The second-order valence-electron chi connectivity index (χ2n) is 3.06. The van der Waals surface area contributed by atoms with Crippen molar-refractivity contribution in [3.05, 3.63) is 36.5 Å². The number of rotatable bonds is 0. The summed E-state index contributed by atoms with van der Waals surface area (Å²) in [5.74, 6) is -0.540. The lowest BCUT2D eigenvalue weighted by molar-refractivity contribution is -0.114. The van der Waals surface area contributed by atoms with Crippen LogP contribution in [0, 0.1) is 11.8 Å². The average molecular weight is 175 g/mol. The number of hydrogen-bond donors (Lipinski definition) is 1. The minimum Gasteiger partial charge on any atom is -0.411 e. The van der Waals surface area contributed by atoms with Crippen LogP contribution in [0.1, 0.15) is 0 Å². The maximum absolute atomic E-state index is 11.6. The Hall–Kier alpha value is -1.64. The van der Waals surface area contributed by atoms with Gasteiger partial charge >= 0.3 is 0 Å². The van der Waals surface area contributed by atoms with Crippen molar-refractivity contribution >= 4 is 11.5 Å². The van der Waals surface area contributed by atoms with E-state index in [2.05, 4.69) is 5.16 Å². The fourth-order valence-corrected chi connectivity index (χ4v) is 1.54. The summed E-state index contributed by atoms with van der Waals surface area (Å²) >= 11 is 0. The van der Waals surface area contributed by atoms with Crippen molar-refractivity contribution in [2.24, 2.45) is 17.0 Å². The van der Waals surface area contributed by atoms with Gasteiger partial charge < -0.3 is 5.21 Å². The van der Waals surface area contributed by atoms with Crippen molar-refractivity contribution in [1.82, 2.24) is 0 Å². The summed E-state index contributed by atoms with van der Waals surface area (Å²) in [5, 5.41) is 11.7. The van der Waals surface area contributed by atoms with E-state index in [9.17, 15) is 4.79 Å². The van der Waals surface area contributed by atoms with Crippen LogP contribution < -0.4 is 0 Å². The van der Waals surface area contributed by atoms with Gasteiger partial charge in [0, 0.05) is 5.92 Å². The number of Topliss-reactive ketones (excluding diaryl/α,β-unsaturated/α-hetero) is 1. The molecule has 0 radical (unpaired) electrons. The predicted octanol–water partition coefficient (Wildman–Crippen LogP) is 1.31. The van der Waals surface area contributed by atoms with Gasteiger partial charge in [0.25, 0.3) is 0 Å². The van der Waals surface area contributed by atoms with Gasteiger partial charge in [0.05, 0.1) is 5.92 Å². The van der Waals surface area contributed by atoms with Gasteiger partial charge in [-0.05, 0) is 0 Å². The molecular formula is C10H9NO2. The molecule has 0 saturated carbocycles. The van der Waals surface area contributed by atoms with Crippen molar-refractivity contribution in [1.29, 1.82) is 0 Å². The first-order valence-electron chi connectivity index (χ1n) is 4.12. The van der Waals surface area contributed by atoms with Crippen molar-refractivity contribution in [3.63, 3.8) is 0 Å². The van der Waals surface area contributed by atoms with Crippen LogP contribution in [-0.2, 0) is 4.79 Å². The van der Waals surface area contributed by atoms with E-state index in [1.165, 1.54) is 0 Å². The van der Waals surface area contributed by atoms with Crippen LogP contribution in [-0.4, -0.2) is 16.7 Å². The molecule has 0 aliphatic heterocycles. The summed E-state index contributed by atoms with van der Waals surface area (Å²) in [6, 6.07) is 0. The first-order valence-corrected chi connectivity index (χ1v) is 4.12. The Bertz CT molecular complexity index is 350. The molecular weight excluding hydrogens is 166 g/mol. The van der Waals surface area contributed by atoms with Gasteiger partial charge in [0.2, 0.25) is 0 Å². The van der Waals surface area contributed by atoms with Crippen LogP contribution in [0.25, 0.3) is 0 Å². The number of oxime groups is 1. The van der Waals surface area contributed by atoms with E-state index in [4.69, 9.17) is 5.21 Å². The third-order valence-electron chi connectivity index (χ3n) is 2.25. The quantitative estimate of drug-likeness (QED) is 0.343. The molecule has 3 aliphatic rings. The maximum atomic E-state index is 11.6. The molecule has 1 N–H and O–H groups in total. The Morgan fingerprint density at radius 3 is 2.38 bits per heavy atom. The zero-order valence-corrected chi connectivity index (χ0v) is 6.92. The third kappa shape index (κ3) is 1.22. The van der Waals surface area contributed by atoms with E-state index in [1.54, 1.807) is 6.08 Å². The smallest absolute Gasteiger partial charge is 0.191 e. The number of carbonyl (C=O) groups excluding carboxylic acids is 1. The monoisotopic (exact) mass is 175 g/mol. The normalized spacial score (nSPS) is 38.8. The highest BCUT2D eigenvalue weighted by atomic mass is 16.4. The SMILES string of the molecule is O=C1/C(=N\O)C2C=CC1/C=C\C=C/2. The van der Waals surface area contributed by atoms with E-state index < -0.39 is 0 Å². The molecule has 2 bridgehead atoms. The standard InChI is InChI=1S/C10H9NO2/c12-10-8-4-2-1-3-7(5-6-8)9(10)11-13/h1-8,13H/b3-1-,4-2-,11-9-. The van der Waals surface area contributed by atoms with Gasteiger partial charge in [-0.1, -0.05) is 41.6 Å². The number of fused-ring (bicyclic) bond motifs is 2. The van der Waals surface area contributed by atoms with Crippen LogP contribution in [0.15, 0.2) is 41.6 Å². The van der Waals surface area contributed by atoms with Crippen LogP contribution >= 0.6 is 0 Å². The molecule has 2 unspecified atom stereocenters. The summed E-state index contributed by atoms with van der Waals surface area (Å²) in [6.45, 7) is 0. The summed E-state index contributed by atoms with van der Waals surface area (Å²) in [7, 11) is 0. The lowest BCUT2D eigenvalue weighted by Crippen LogP contribution is -2.31. The lowest BCUT2D eigenvalue weighted by Gasteiger charge is -2.19. The van der Waals surface area contributed by atoms with Gasteiger partial charge in [-0.2, -0.15) is 0 Å². The van der Waals surface area contributed by atoms with Gasteiger partial charge in [-0.25, -0.2) is 0 Å². The minimum absolute atomic E-state index is 0.115. The Morgan fingerprint density at radius 1 is 1.08 bits per heavy atom. The predicted molar refractivity (Wildman–Crippen MR) is 48.6 cm³/mol. The molecule has 3 heteroatoms. The maximum Gasteiger partial charge on any atom is 0.191 e. The van der Waals surface area contributed by atoms with Crippen LogP contribution in [0.3, 0.4) is 0 Å². The first kappa shape index (κ1) is 7.98. The third-order valence-corrected chi connectivity index (χ3v) is 2.25. The van der Waals surface area contributed by atoms with E-state index in [-0.39, 0.29) is 23.3 Å². The molecule has 0 fully saturated rings. The zero-order chi connectivity index (χ0) is 9.26. The number of hydrogen-bond acceptors (Lipinski definition) is 3. The fraction of sp³-hybridized carbons (Fsp3) is 0.200. The molecule has 66 valence electrons. The summed E-state index contributed by atoms with van der Waals surface area (Å²) in [6.07, 6.45) is 11.0. The van der Waals surface area contributed by atoms with E-state index >= 15 is 0 Å². The molecule has 0 heterocycles. The van der Waals surface area contributed by atoms with Crippen molar-refractivity contribution < 1.29 is 10.0 Å². The number of carbonyl (C=O) groups is 1. The molecule has 2 atom stereocenters. The van der Waals surface area contributed by atoms with E-state index in [1.807, 2.05) is 30.4 Å². The minimum atomic E-state index is -0.257. The van der Waals surface area contributed by atoms with Gasteiger partial charge in [0.15, 0.2) is 5.78 Å².